The van der Waals surface area contributed by atoms with Crippen molar-refractivity contribution in [2.24, 2.45) is 5.92 Å². The number of amides is 2. The number of nitrogens with zero attached hydrogens (tertiary/aromatic N) is 2. The first kappa shape index (κ1) is 18.8. The molecule has 2 aliphatic heterocycles. The van der Waals surface area contributed by atoms with Crippen LogP contribution in [0.4, 0.5) is 0 Å². The number of halogens is 1. The molecule has 2 saturated heterocycles. The Hall–Kier alpha value is -2.01. The third-order valence-electron chi connectivity index (χ3n) is 5.58. The lowest BCUT2D eigenvalue weighted by molar-refractivity contribution is -0.138. The molecule has 1 aromatic rings. The molecule has 0 aliphatic carbocycles. The minimum atomic E-state index is -0.0641. The monoisotopic (exact) mass is 376 g/mol. The number of hydrogen-bond acceptors (Lipinski definition) is 3. The fourth-order valence-corrected chi connectivity index (χ4v) is 4.13. The zero-order chi connectivity index (χ0) is 18.8. The van der Waals surface area contributed by atoms with Gasteiger partial charge in [0.2, 0.25) is 11.8 Å². The molecule has 1 atom stereocenters. The van der Waals surface area contributed by atoms with Gasteiger partial charge in [0.15, 0.2) is 0 Å². The Morgan fingerprint density at radius 2 is 1.85 bits per heavy atom. The number of rotatable bonds is 3. The van der Waals surface area contributed by atoms with E-state index in [0.717, 1.165) is 17.5 Å². The lowest BCUT2D eigenvalue weighted by Gasteiger charge is -2.32. The average molecular weight is 377 g/mol. The number of carbonyl (C=O) groups excluding carboxylic acids is 2. The second-order valence-corrected chi connectivity index (χ2v) is 7.64. The number of aromatic hydroxyl groups is 1. The van der Waals surface area contributed by atoms with Crippen LogP contribution < -0.4 is 0 Å². The van der Waals surface area contributed by atoms with Crippen LogP contribution in [-0.2, 0) is 9.59 Å². The van der Waals surface area contributed by atoms with Gasteiger partial charge in [-0.15, -0.1) is 0 Å². The summed E-state index contributed by atoms with van der Waals surface area (Å²) in [4.78, 5) is 28.2. The maximum absolute atomic E-state index is 12.8. The third kappa shape index (κ3) is 3.73. The number of benzene rings is 1. The zero-order valence-corrected chi connectivity index (χ0v) is 15.8. The minimum Gasteiger partial charge on any atom is -0.508 e. The second-order valence-electron chi connectivity index (χ2n) is 7.23. The normalized spacial score (nSPS) is 21.1. The number of phenols is 1. The van der Waals surface area contributed by atoms with Crippen LogP contribution in [0.25, 0.3) is 0 Å². The molecule has 5 nitrogen and oxygen atoms in total. The molecule has 0 aromatic heterocycles. The van der Waals surface area contributed by atoms with Gasteiger partial charge >= 0.3 is 0 Å². The summed E-state index contributed by atoms with van der Waals surface area (Å²) in [5.74, 6) is 0.422. The number of carbonyl (C=O) groups is 2. The molecule has 26 heavy (non-hydrogen) atoms. The molecule has 3 rings (SSSR count). The van der Waals surface area contributed by atoms with E-state index in [0.29, 0.717) is 44.0 Å². The highest BCUT2D eigenvalue weighted by Crippen LogP contribution is 2.37. The minimum absolute atomic E-state index is 0.0248. The van der Waals surface area contributed by atoms with Crippen molar-refractivity contribution in [2.75, 3.05) is 26.2 Å². The van der Waals surface area contributed by atoms with Crippen LogP contribution in [-0.4, -0.2) is 52.9 Å². The highest BCUT2D eigenvalue weighted by Gasteiger charge is 2.34. The molecule has 140 valence electrons. The molecule has 0 radical (unpaired) electrons. The lowest BCUT2D eigenvalue weighted by atomic mass is 9.94. The van der Waals surface area contributed by atoms with Gasteiger partial charge < -0.3 is 14.9 Å². The van der Waals surface area contributed by atoms with Gasteiger partial charge in [-0.2, -0.15) is 0 Å². The van der Waals surface area contributed by atoms with E-state index in [1.165, 1.54) is 6.08 Å². The Labute approximate surface area is 159 Å². The molecule has 6 heteroatoms. The third-order valence-corrected chi connectivity index (χ3v) is 5.99. The number of phenolic OH excluding ortho intramolecular Hbond substituents is 1. The Morgan fingerprint density at radius 1 is 1.19 bits per heavy atom. The first-order valence-corrected chi connectivity index (χ1v) is 9.47. The summed E-state index contributed by atoms with van der Waals surface area (Å²) in [6.07, 6.45) is 3.57. The molecule has 1 unspecified atom stereocenters. The molecule has 0 bridgehead atoms. The van der Waals surface area contributed by atoms with Crippen molar-refractivity contribution in [3.8, 4) is 5.75 Å². The second kappa shape index (κ2) is 7.70. The summed E-state index contributed by atoms with van der Waals surface area (Å²) in [6.45, 7) is 7.97. The molecule has 2 amide bonds. The maximum atomic E-state index is 12.8. The SMILES string of the molecule is C=CC(=O)N1CCC(C(=O)N2CCC(c3cc(C)c(Cl)cc3O)C2)CC1. The zero-order valence-electron chi connectivity index (χ0n) is 15.1. The topological polar surface area (TPSA) is 60.9 Å². The Morgan fingerprint density at radius 3 is 2.50 bits per heavy atom. The van der Waals surface area contributed by atoms with E-state index in [4.69, 9.17) is 11.6 Å². The van der Waals surface area contributed by atoms with Crippen molar-refractivity contribution in [3.05, 3.63) is 40.9 Å². The van der Waals surface area contributed by atoms with E-state index >= 15 is 0 Å². The first-order valence-electron chi connectivity index (χ1n) is 9.09. The van der Waals surface area contributed by atoms with Gasteiger partial charge in [0, 0.05) is 43.0 Å². The van der Waals surface area contributed by atoms with Gasteiger partial charge in [0.05, 0.1) is 0 Å². The van der Waals surface area contributed by atoms with Crippen molar-refractivity contribution in [2.45, 2.75) is 32.1 Å². The Bertz CT molecular complexity index is 726. The lowest BCUT2D eigenvalue weighted by Crippen LogP contribution is -2.43. The van der Waals surface area contributed by atoms with E-state index < -0.39 is 0 Å². The first-order chi connectivity index (χ1) is 12.4. The summed E-state index contributed by atoms with van der Waals surface area (Å²) in [7, 11) is 0. The largest absolute Gasteiger partial charge is 0.508 e. The van der Waals surface area contributed by atoms with Gasteiger partial charge in [-0.05, 0) is 49.5 Å². The van der Waals surface area contributed by atoms with E-state index in [1.54, 1.807) is 11.0 Å². The number of likely N-dealkylation sites (tertiary alicyclic amines) is 2. The molecule has 2 fully saturated rings. The average Bonchev–Trinajstić information content (AvgIpc) is 3.13. The van der Waals surface area contributed by atoms with Gasteiger partial charge in [-0.25, -0.2) is 0 Å². The van der Waals surface area contributed by atoms with Crippen LogP contribution in [0.15, 0.2) is 24.8 Å². The highest BCUT2D eigenvalue weighted by molar-refractivity contribution is 6.31. The van der Waals surface area contributed by atoms with Crippen LogP contribution in [0.5, 0.6) is 5.75 Å². The quantitative estimate of drug-likeness (QED) is 0.824. The molecule has 1 aromatic carbocycles. The van der Waals surface area contributed by atoms with Crippen LogP contribution in [0, 0.1) is 12.8 Å². The standard InChI is InChI=1S/C20H25ClN2O3/c1-3-19(25)22-7-4-14(5-8-22)20(26)23-9-6-15(12-23)16-10-13(2)17(21)11-18(16)24/h3,10-11,14-15,24H,1,4-9,12H2,2H3. The number of piperidine rings is 1. The van der Waals surface area contributed by atoms with E-state index in [-0.39, 0.29) is 29.4 Å². The van der Waals surface area contributed by atoms with Crippen molar-refractivity contribution >= 4 is 23.4 Å². The molecular formula is C20H25ClN2O3. The van der Waals surface area contributed by atoms with Crippen molar-refractivity contribution in [3.63, 3.8) is 0 Å². The van der Waals surface area contributed by atoms with Gasteiger partial charge in [0.1, 0.15) is 5.75 Å². The number of aryl methyl sites for hydroxylation is 1. The van der Waals surface area contributed by atoms with Gasteiger partial charge in [-0.3, -0.25) is 9.59 Å². The molecule has 0 spiro atoms. The van der Waals surface area contributed by atoms with Crippen LogP contribution >= 0.6 is 11.6 Å². The molecule has 2 aliphatic rings. The summed E-state index contributed by atoms with van der Waals surface area (Å²) < 4.78 is 0. The Kier molecular flexibility index (Phi) is 5.56. The number of hydrogen-bond donors (Lipinski definition) is 1. The van der Waals surface area contributed by atoms with E-state index in [2.05, 4.69) is 6.58 Å². The smallest absolute Gasteiger partial charge is 0.245 e. The van der Waals surface area contributed by atoms with Crippen molar-refractivity contribution < 1.29 is 14.7 Å². The maximum Gasteiger partial charge on any atom is 0.245 e. The van der Waals surface area contributed by atoms with Crippen LogP contribution in [0.2, 0.25) is 5.02 Å². The highest BCUT2D eigenvalue weighted by atomic mass is 35.5. The summed E-state index contributed by atoms with van der Waals surface area (Å²) in [5.41, 5.74) is 1.80. The predicted octanol–water partition coefficient (Wildman–Crippen LogP) is 3.09. The molecule has 0 saturated carbocycles. The van der Waals surface area contributed by atoms with Crippen molar-refractivity contribution in [1.29, 1.82) is 0 Å². The van der Waals surface area contributed by atoms with Crippen molar-refractivity contribution in [1.82, 2.24) is 9.80 Å². The summed E-state index contributed by atoms with van der Waals surface area (Å²) in [6, 6.07) is 3.51. The van der Waals surface area contributed by atoms with Gasteiger partial charge in [-0.1, -0.05) is 24.2 Å². The van der Waals surface area contributed by atoms with Crippen LogP contribution in [0.1, 0.15) is 36.3 Å². The predicted molar refractivity (Wildman–Crippen MR) is 101 cm³/mol. The van der Waals surface area contributed by atoms with E-state index in [9.17, 15) is 14.7 Å². The van der Waals surface area contributed by atoms with Crippen LogP contribution in [0.3, 0.4) is 0 Å². The Balaban J connectivity index is 1.61. The van der Waals surface area contributed by atoms with E-state index in [1.807, 2.05) is 17.9 Å². The molecular weight excluding hydrogens is 352 g/mol. The molecule has 1 N–H and O–H groups in total. The fourth-order valence-electron chi connectivity index (χ4n) is 3.97. The van der Waals surface area contributed by atoms with Gasteiger partial charge in [0.25, 0.3) is 0 Å². The summed E-state index contributed by atoms with van der Waals surface area (Å²) in [5, 5.41) is 10.8. The fraction of sp³-hybridized carbons (Fsp3) is 0.500. The molecule has 2 heterocycles. The summed E-state index contributed by atoms with van der Waals surface area (Å²) >= 11 is 6.06.